The number of halogens is 1. The van der Waals surface area contributed by atoms with Gasteiger partial charge in [0.15, 0.2) is 5.82 Å². The molecule has 1 heterocycles. The van der Waals surface area contributed by atoms with Crippen molar-refractivity contribution >= 4 is 18.3 Å². The first-order valence-electron chi connectivity index (χ1n) is 9.91. The molecule has 26 heavy (non-hydrogen) atoms. The standard InChI is InChI=1S/C19H28N4O2.ClH/c20-19(2-1-3-19)17-22-16(25-23-17)11-21-15(24)10-18-7-12-4-13(8-18)6-14(5-12)9-18;/h12-14H,1-11,20H2,(H,21,24);1H. The largest absolute Gasteiger partial charge is 0.347 e. The molecule has 6 rings (SSSR count). The number of carbonyl (C=O) groups is 1. The maximum atomic E-state index is 12.5. The van der Waals surface area contributed by atoms with Crippen LogP contribution in [0.2, 0.25) is 0 Å². The molecule has 7 heteroatoms. The van der Waals surface area contributed by atoms with E-state index in [4.69, 9.17) is 10.3 Å². The lowest BCUT2D eigenvalue weighted by molar-refractivity contribution is -0.129. The maximum Gasteiger partial charge on any atom is 0.246 e. The number of nitrogens with two attached hydrogens (primary N) is 1. The zero-order chi connectivity index (χ0) is 17.1. The molecule has 5 fully saturated rings. The van der Waals surface area contributed by atoms with Crippen molar-refractivity contribution in [2.45, 2.75) is 76.3 Å². The van der Waals surface area contributed by atoms with E-state index in [0.29, 0.717) is 24.7 Å². The summed E-state index contributed by atoms with van der Waals surface area (Å²) in [7, 11) is 0. The third kappa shape index (κ3) is 3.15. The third-order valence-electron chi connectivity index (χ3n) is 7.30. The highest BCUT2D eigenvalue weighted by molar-refractivity contribution is 5.85. The normalized spacial score (nSPS) is 36.3. The molecule has 0 saturated heterocycles. The Morgan fingerprint density at radius 3 is 2.31 bits per heavy atom. The van der Waals surface area contributed by atoms with Gasteiger partial charge in [-0.2, -0.15) is 4.98 Å². The second-order valence-corrected chi connectivity index (χ2v) is 9.39. The van der Waals surface area contributed by atoms with E-state index in [1.807, 2.05) is 0 Å². The zero-order valence-electron chi connectivity index (χ0n) is 15.2. The summed E-state index contributed by atoms with van der Waals surface area (Å²) >= 11 is 0. The van der Waals surface area contributed by atoms with Gasteiger partial charge in [-0.1, -0.05) is 5.16 Å². The minimum absolute atomic E-state index is 0. The van der Waals surface area contributed by atoms with Gasteiger partial charge in [-0.15, -0.1) is 12.4 Å². The molecule has 0 atom stereocenters. The number of hydrogen-bond donors (Lipinski definition) is 2. The van der Waals surface area contributed by atoms with Crippen LogP contribution in [-0.4, -0.2) is 16.0 Å². The van der Waals surface area contributed by atoms with Crippen LogP contribution >= 0.6 is 12.4 Å². The number of rotatable bonds is 5. The van der Waals surface area contributed by atoms with Crippen LogP contribution in [0, 0.1) is 23.2 Å². The zero-order valence-corrected chi connectivity index (χ0v) is 16.0. The fourth-order valence-corrected chi connectivity index (χ4v) is 6.39. The number of hydrogen-bond acceptors (Lipinski definition) is 5. The van der Waals surface area contributed by atoms with Crippen molar-refractivity contribution in [3.05, 3.63) is 11.7 Å². The van der Waals surface area contributed by atoms with Gasteiger partial charge in [0, 0.05) is 6.42 Å². The average Bonchev–Trinajstić information content (AvgIpc) is 2.98. The quantitative estimate of drug-likeness (QED) is 0.818. The predicted octanol–water partition coefficient (Wildman–Crippen LogP) is 3.05. The Kier molecular flexibility index (Phi) is 4.55. The molecule has 0 aliphatic heterocycles. The molecule has 5 aliphatic rings. The number of aromatic nitrogens is 2. The molecule has 5 aliphatic carbocycles. The van der Waals surface area contributed by atoms with E-state index >= 15 is 0 Å². The first-order chi connectivity index (χ1) is 12.0. The van der Waals surface area contributed by atoms with E-state index in [0.717, 1.165) is 37.0 Å². The Morgan fingerprint density at radius 2 is 1.77 bits per heavy atom. The van der Waals surface area contributed by atoms with Crippen molar-refractivity contribution in [1.82, 2.24) is 15.5 Å². The van der Waals surface area contributed by atoms with Crippen molar-refractivity contribution in [2.75, 3.05) is 0 Å². The van der Waals surface area contributed by atoms with Crippen LogP contribution in [0.1, 0.15) is 75.9 Å². The molecular weight excluding hydrogens is 352 g/mol. The van der Waals surface area contributed by atoms with Gasteiger partial charge in [-0.3, -0.25) is 4.79 Å². The first kappa shape index (κ1) is 18.2. The van der Waals surface area contributed by atoms with Gasteiger partial charge >= 0.3 is 0 Å². The molecule has 1 aromatic heterocycles. The van der Waals surface area contributed by atoms with E-state index in [1.54, 1.807) is 0 Å². The summed E-state index contributed by atoms with van der Waals surface area (Å²) in [6, 6.07) is 0. The first-order valence-corrected chi connectivity index (χ1v) is 9.91. The van der Waals surface area contributed by atoms with E-state index in [1.165, 1.54) is 38.5 Å². The molecule has 5 saturated carbocycles. The Labute approximate surface area is 160 Å². The van der Waals surface area contributed by atoms with Gasteiger partial charge < -0.3 is 15.6 Å². The lowest BCUT2D eigenvalue weighted by atomic mass is 9.49. The molecule has 4 bridgehead atoms. The lowest BCUT2D eigenvalue weighted by Gasteiger charge is -2.56. The number of nitrogens with zero attached hydrogens (tertiary/aromatic N) is 2. The van der Waals surface area contributed by atoms with E-state index < -0.39 is 5.54 Å². The van der Waals surface area contributed by atoms with E-state index in [2.05, 4.69) is 15.5 Å². The molecule has 0 unspecified atom stereocenters. The van der Waals surface area contributed by atoms with Crippen LogP contribution in [0.3, 0.4) is 0 Å². The van der Waals surface area contributed by atoms with Crippen LogP contribution in [0.5, 0.6) is 0 Å². The maximum absolute atomic E-state index is 12.5. The number of nitrogens with one attached hydrogen (secondary N) is 1. The highest BCUT2D eigenvalue weighted by Crippen LogP contribution is 2.61. The minimum Gasteiger partial charge on any atom is -0.347 e. The van der Waals surface area contributed by atoms with Gasteiger partial charge in [0.1, 0.15) is 0 Å². The Morgan fingerprint density at radius 1 is 1.15 bits per heavy atom. The van der Waals surface area contributed by atoms with Gasteiger partial charge in [-0.25, -0.2) is 0 Å². The fraction of sp³-hybridized carbons (Fsp3) is 0.842. The fourth-order valence-electron chi connectivity index (χ4n) is 6.39. The Bertz CT molecular complexity index is 650. The summed E-state index contributed by atoms with van der Waals surface area (Å²) in [4.78, 5) is 16.9. The van der Waals surface area contributed by atoms with E-state index in [-0.39, 0.29) is 23.7 Å². The molecule has 0 aromatic carbocycles. The van der Waals surface area contributed by atoms with E-state index in [9.17, 15) is 4.79 Å². The number of carbonyl (C=O) groups excluding carboxylic acids is 1. The molecule has 1 aromatic rings. The topological polar surface area (TPSA) is 94.0 Å². The molecule has 0 radical (unpaired) electrons. The Hall–Kier alpha value is -1.14. The van der Waals surface area contributed by atoms with Crippen LogP contribution in [-0.2, 0) is 16.9 Å². The molecule has 6 nitrogen and oxygen atoms in total. The average molecular weight is 381 g/mol. The second-order valence-electron chi connectivity index (χ2n) is 9.39. The molecule has 0 spiro atoms. The van der Waals surface area contributed by atoms with Crippen molar-refractivity contribution < 1.29 is 9.32 Å². The van der Waals surface area contributed by atoms with Crippen molar-refractivity contribution in [3.63, 3.8) is 0 Å². The smallest absolute Gasteiger partial charge is 0.246 e. The summed E-state index contributed by atoms with van der Waals surface area (Å²) < 4.78 is 5.28. The van der Waals surface area contributed by atoms with Crippen LogP contribution in [0.15, 0.2) is 4.52 Å². The highest BCUT2D eigenvalue weighted by atomic mass is 35.5. The molecule has 3 N–H and O–H groups in total. The summed E-state index contributed by atoms with van der Waals surface area (Å²) in [5.74, 6) is 3.81. The second kappa shape index (κ2) is 6.48. The highest BCUT2D eigenvalue weighted by Gasteiger charge is 2.51. The van der Waals surface area contributed by atoms with Gasteiger partial charge in [-0.05, 0) is 81.0 Å². The van der Waals surface area contributed by atoms with Crippen LogP contribution < -0.4 is 11.1 Å². The van der Waals surface area contributed by atoms with Gasteiger partial charge in [0.05, 0.1) is 12.1 Å². The Balaban J connectivity index is 0.00000168. The summed E-state index contributed by atoms with van der Waals surface area (Å²) in [6.45, 7) is 0.314. The third-order valence-corrected chi connectivity index (χ3v) is 7.30. The van der Waals surface area contributed by atoms with Crippen molar-refractivity contribution in [3.8, 4) is 0 Å². The summed E-state index contributed by atoms with van der Waals surface area (Å²) in [5.41, 5.74) is 6.07. The van der Waals surface area contributed by atoms with Gasteiger partial charge in [0.25, 0.3) is 0 Å². The summed E-state index contributed by atoms with van der Waals surface area (Å²) in [6.07, 6.45) is 11.6. The van der Waals surface area contributed by atoms with Crippen LogP contribution in [0.4, 0.5) is 0 Å². The molecule has 1 amide bonds. The number of amides is 1. The van der Waals surface area contributed by atoms with Crippen LogP contribution in [0.25, 0.3) is 0 Å². The van der Waals surface area contributed by atoms with Crippen molar-refractivity contribution in [1.29, 1.82) is 0 Å². The lowest BCUT2D eigenvalue weighted by Crippen LogP contribution is -2.48. The monoisotopic (exact) mass is 380 g/mol. The van der Waals surface area contributed by atoms with Gasteiger partial charge in [0.2, 0.25) is 11.8 Å². The SMILES string of the molecule is Cl.NC1(c2noc(CNC(=O)CC34CC5CC(CC(C5)C3)C4)n2)CCC1. The molecule has 144 valence electrons. The summed E-state index contributed by atoms with van der Waals surface area (Å²) in [5, 5.41) is 7.00. The van der Waals surface area contributed by atoms with Crippen molar-refractivity contribution in [2.24, 2.45) is 28.9 Å². The molecular formula is C19H29ClN4O2. The minimum atomic E-state index is -0.412. The predicted molar refractivity (Wildman–Crippen MR) is 98.3 cm³/mol.